The van der Waals surface area contributed by atoms with E-state index in [0.29, 0.717) is 28.8 Å². The van der Waals surface area contributed by atoms with Gasteiger partial charge in [-0.15, -0.1) is 0 Å². The van der Waals surface area contributed by atoms with E-state index in [1.807, 2.05) is 0 Å². The fourth-order valence-electron chi connectivity index (χ4n) is 1.53. The van der Waals surface area contributed by atoms with E-state index < -0.39 is 0 Å². The van der Waals surface area contributed by atoms with E-state index >= 15 is 0 Å². The zero-order valence-electron chi connectivity index (χ0n) is 9.81. The molecule has 0 aliphatic rings. The summed E-state index contributed by atoms with van der Waals surface area (Å²) in [7, 11) is 0. The van der Waals surface area contributed by atoms with Gasteiger partial charge in [-0.2, -0.15) is 0 Å². The average Bonchev–Trinajstić information content (AvgIpc) is 2.22. The standard InChI is InChI=1S/C13H17BrClF/c1-8(2)9(3)11(14)7-10-12(15)5-4-6-13(10)16/h4-6,8-9,11H,7H2,1-3H3. The highest BCUT2D eigenvalue weighted by Gasteiger charge is 2.20. The van der Waals surface area contributed by atoms with Crippen LogP contribution < -0.4 is 0 Å². The van der Waals surface area contributed by atoms with Crippen molar-refractivity contribution in [3.63, 3.8) is 0 Å². The molecule has 0 bridgehead atoms. The lowest BCUT2D eigenvalue weighted by atomic mass is 9.91. The van der Waals surface area contributed by atoms with E-state index in [1.54, 1.807) is 12.1 Å². The lowest BCUT2D eigenvalue weighted by molar-refractivity contribution is 0.405. The van der Waals surface area contributed by atoms with Gasteiger partial charge in [-0.3, -0.25) is 0 Å². The first-order valence-corrected chi connectivity index (χ1v) is 6.79. The van der Waals surface area contributed by atoms with Crippen LogP contribution in [0, 0.1) is 17.7 Å². The van der Waals surface area contributed by atoms with Gasteiger partial charge in [0.2, 0.25) is 0 Å². The molecule has 2 unspecified atom stereocenters. The zero-order chi connectivity index (χ0) is 12.3. The summed E-state index contributed by atoms with van der Waals surface area (Å²) >= 11 is 9.62. The normalized spacial score (nSPS) is 15.2. The molecule has 0 aliphatic carbocycles. The van der Waals surface area contributed by atoms with Crippen LogP contribution in [0.3, 0.4) is 0 Å². The SMILES string of the molecule is CC(C)C(C)C(Br)Cc1c(F)cccc1Cl. The summed E-state index contributed by atoms with van der Waals surface area (Å²) in [5.41, 5.74) is 0.610. The molecule has 1 aromatic rings. The molecule has 0 aromatic heterocycles. The van der Waals surface area contributed by atoms with Crippen molar-refractivity contribution in [3.05, 3.63) is 34.6 Å². The van der Waals surface area contributed by atoms with Crippen molar-refractivity contribution in [2.45, 2.75) is 32.0 Å². The van der Waals surface area contributed by atoms with Crippen LogP contribution in [0.25, 0.3) is 0 Å². The molecule has 16 heavy (non-hydrogen) atoms. The molecule has 0 nitrogen and oxygen atoms in total. The Hall–Kier alpha value is -0.0800. The van der Waals surface area contributed by atoms with Crippen LogP contribution in [-0.4, -0.2) is 4.83 Å². The highest BCUT2D eigenvalue weighted by Crippen LogP contribution is 2.28. The Morgan fingerprint density at radius 1 is 1.31 bits per heavy atom. The molecule has 3 heteroatoms. The van der Waals surface area contributed by atoms with Crippen LogP contribution in [0.1, 0.15) is 26.3 Å². The van der Waals surface area contributed by atoms with E-state index in [-0.39, 0.29) is 10.6 Å². The molecule has 0 amide bonds. The van der Waals surface area contributed by atoms with Crippen LogP contribution in [0.2, 0.25) is 5.02 Å². The Kier molecular flexibility index (Phi) is 5.26. The summed E-state index contributed by atoms with van der Waals surface area (Å²) in [6.07, 6.45) is 0.630. The first-order valence-electron chi connectivity index (χ1n) is 5.50. The van der Waals surface area contributed by atoms with Crippen LogP contribution in [-0.2, 0) is 6.42 Å². The molecular weight excluding hydrogens is 290 g/mol. The molecule has 90 valence electrons. The van der Waals surface area contributed by atoms with Gasteiger partial charge in [0.1, 0.15) is 5.82 Å². The van der Waals surface area contributed by atoms with Crippen molar-refractivity contribution in [2.24, 2.45) is 11.8 Å². The molecular formula is C13H17BrClF. The summed E-state index contributed by atoms with van der Waals surface area (Å²) in [5, 5.41) is 0.514. The Balaban J connectivity index is 2.80. The Bertz CT molecular complexity index is 332. The Morgan fingerprint density at radius 2 is 1.94 bits per heavy atom. The summed E-state index contributed by atoms with van der Waals surface area (Å²) in [6.45, 7) is 6.50. The topological polar surface area (TPSA) is 0 Å². The second-order valence-electron chi connectivity index (χ2n) is 4.52. The maximum absolute atomic E-state index is 13.6. The summed E-state index contributed by atoms with van der Waals surface area (Å²) < 4.78 is 13.6. The van der Waals surface area contributed by atoms with Gasteiger partial charge < -0.3 is 0 Å². The molecule has 1 rings (SSSR count). The second kappa shape index (κ2) is 6.02. The van der Waals surface area contributed by atoms with Gasteiger partial charge in [-0.25, -0.2) is 4.39 Å². The van der Waals surface area contributed by atoms with E-state index in [1.165, 1.54) is 6.07 Å². The maximum atomic E-state index is 13.6. The predicted molar refractivity (Wildman–Crippen MR) is 71.8 cm³/mol. The van der Waals surface area contributed by atoms with E-state index in [0.717, 1.165) is 0 Å². The van der Waals surface area contributed by atoms with Gasteiger partial charge in [0.25, 0.3) is 0 Å². The van der Waals surface area contributed by atoms with Gasteiger partial charge >= 0.3 is 0 Å². The third-order valence-electron chi connectivity index (χ3n) is 3.08. The van der Waals surface area contributed by atoms with E-state index in [9.17, 15) is 4.39 Å². The molecule has 0 saturated carbocycles. The van der Waals surface area contributed by atoms with Crippen molar-refractivity contribution in [1.82, 2.24) is 0 Å². The summed E-state index contributed by atoms with van der Waals surface area (Å²) in [5.74, 6) is 0.832. The van der Waals surface area contributed by atoms with Crippen LogP contribution >= 0.6 is 27.5 Å². The van der Waals surface area contributed by atoms with Crippen molar-refractivity contribution in [1.29, 1.82) is 0 Å². The quantitative estimate of drug-likeness (QED) is 0.681. The number of halogens is 3. The molecule has 0 radical (unpaired) electrons. The van der Waals surface area contributed by atoms with Gasteiger partial charge in [-0.05, 0) is 30.4 Å². The minimum Gasteiger partial charge on any atom is -0.207 e. The third-order valence-corrected chi connectivity index (χ3v) is 4.59. The largest absolute Gasteiger partial charge is 0.207 e. The Morgan fingerprint density at radius 3 is 2.44 bits per heavy atom. The monoisotopic (exact) mass is 306 g/mol. The number of benzene rings is 1. The van der Waals surface area contributed by atoms with E-state index in [2.05, 4.69) is 36.7 Å². The van der Waals surface area contributed by atoms with Crippen molar-refractivity contribution >= 4 is 27.5 Å². The number of rotatable bonds is 4. The molecule has 0 fully saturated rings. The fourth-order valence-corrected chi connectivity index (χ4v) is 2.70. The van der Waals surface area contributed by atoms with Crippen LogP contribution in [0.4, 0.5) is 4.39 Å². The van der Waals surface area contributed by atoms with Gasteiger partial charge in [0, 0.05) is 15.4 Å². The lowest BCUT2D eigenvalue weighted by Gasteiger charge is -2.22. The first kappa shape index (κ1) is 14.0. The molecule has 0 N–H and O–H groups in total. The fraction of sp³-hybridized carbons (Fsp3) is 0.538. The number of alkyl halides is 1. The van der Waals surface area contributed by atoms with Crippen molar-refractivity contribution in [2.75, 3.05) is 0 Å². The zero-order valence-corrected chi connectivity index (χ0v) is 12.1. The molecule has 0 saturated heterocycles. The van der Waals surface area contributed by atoms with E-state index in [4.69, 9.17) is 11.6 Å². The van der Waals surface area contributed by atoms with Crippen molar-refractivity contribution in [3.8, 4) is 0 Å². The highest BCUT2D eigenvalue weighted by atomic mass is 79.9. The molecule has 0 spiro atoms. The van der Waals surface area contributed by atoms with Crippen LogP contribution in [0.5, 0.6) is 0 Å². The number of hydrogen-bond acceptors (Lipinski definition) is 0. The predicted octanol–water partition coefficient (Wildman–Crippen LogP) is 5.08. The molecule has 2 atom stereocenters. The Labute approximate surface area is 110 Å². The third kappa shape index (κ3) is 3.46. The second-order valence-corrected chi connectivity index (χ2v) is 6.11. The average molecular weight is 308 g/mol. The van der Waals surface area contributed by atoms with Crippen LogP contribution in [0.15, 0.2) is 18.2 Å². The minimum atomic E-state index is -0.215. The number of hydrogen-bond donors (Lipinski definition) is 0. The highest BCUT2D eigenvalue weighted by molar-refractivity contribution is 9.09. The molecule has 0 aliphatic heterocycles. The summed E-state index contributed by atoms with van der Waals surface area (Å²) in [6, 6.07) is 4.83. The maximum Gasteiger partial charge on any atom is 0.127 e. The van der Waals surface area contributed by atoms with Gasteiger partial charge in [0.05, 0.1) is 0 Å². The van der Waals surface area contributed by atoms with Gasteiger partial charge in [0.15, 0.2) is 0 Å². The smallest absolute Gasteiger partial charge is 0.127 e. The molecule has 1 aromatic carbocycles. The molecule has 0 heterocycles. The first-order chi connectivity index (χ1) is 7.43. The lowest BCUT2D eigenvalue weighted by Crippen LogP contribution is -2.19. The van der Waals surface area contributed by atoms with Crippen molar-refractivity contribution < 1.29 is 4.39 Å². The minimum absolute atomic E-state index is 0.215. The summed E-state index contributed by atoms with van der Waals surface area (Å²) in [4.78, 5) is 0.252. The van der Waals surface area contributed by atoms with Gasteiger partial charge in [-0.1, -0.05) is 54.4 Å².